The molecule has 0 atom stereocenters. The van der Waals surface area contributed by atoms with Gasteiger partial charge in [-0.1, -0.05) is 0 Å². The summed E-state index contributed by atoms with van der Waals surface area (Å²) in [7, 11) is -2.29. The molecule has 21 heavy (non-hydrogen) atoms. The molecule has 2 aromatic heterocycles. The van der Waals surface area contributed by atoms with Gasteiger partial charge in [0.2, 0.25) is 11.0 Å². The van der Waals surface area contributed by atoms with Crippen LogP contribution in [0.1, 0.15) is 5.76 Å². The molecule has 2 aromatic rings. The number of primary sulfonamides is 1. The van der Waals surface area contributed by atoms with E-state index in [0.717, 1.165) is 0 Å². The monoisotopic (exact) mass is 313 g/mol. The highest BCUT2D eigenvalue weighted by atomic mass is 32.2. The van der Waals surface area contributed by atoms with Crippen molar-refractivity contribution in [1.29, 1.82) is 0 Å². The number of nitrogens with one attached hydrogen (secondary N) is 2. The molecule has 0 aliphatic heterocycles. The van der Waals surface area contributed by atoms with Gasteiger partial charge in [-0.15, -0.1) is 0 Å². The summed E-state index contributed by atoms with van der Waals surface area (Å²) in [5.74, 6) is 0.256. The minimum absolute atomic E-state index is 0.120. The van der Waals surface area contributed by atoms with Gasteiger partial charge in [0.1, 0.15) is 12.3 Å². The maximum atomic E-state index is 11.2. The zero-order chi connectivity index (χ0) is 15.5. The number of aromatic nitrogens is 2. The van der Waals surface area contributed by atoms with Gasteiger partial charge in [0.05, 0.1) is 18.4 Å². The fraction of sp³-hybridized carbons (Fsp3) is 0.273. The Morgan fingerprint density at radius 1 is 1.48 bits per heavy atom. The summed E-state index contributed by atoms with van der Waals surface area (Å²) in [5.41, 5.74) is 0.674. The second-order valence-electron chi connectivity index (χ2n) is 4.22. The molecule has 9 nitrogen and oxygen atoms in total. The van der Waals surface area contributed by atoms with E-state index in [-0.39, 0.29) is 24.1 Å². The number of furan rings is 1. The summed E-state index contributed by atoms with van der Waals surface area (Å²) < 4.78 is 28.7. The number of rotatable bonds is 6. The lowest BCUT2D eigenvalue weighted by atomic mass is 10.4. The van der Waals surface area contributed by atoms with Gasteiger partial charge in [-0.05, 0) is 12.1 Å². The second kappa shape index (κ2) is 5.97. The van der Waals surface area contributed by atoms with Gasteiger partial charge in [-0.3, -0.25) is 9.48 Å². The Bertz CT molecular complexity index is 733. The van der Waals surface area contributed by atoms with E-state index in [2.05, 4.69) is 15.7 Å². The Morgan fingerprint density at radius 3 is 2.86 bits per heavy atom. The summed E-state index contributed by atoms with van der Waals surface area (Å²) in [6.07, 6.45) is 3.20. The van der Waals surface area contributed by atoms with Crippen LogP contribution in [0.15, 0.2) is 34.0 Å². The van der Waals surface area contributed by atoms with Crippen LogP contribution in [0.2, 0.25) is 0 Å². The number of sulfonamides is 1. The molecule has 0 bridgehead atoms. The maximum Gasteiger partial charge on any atom is 0.271 e. The Balaban J connectivity index is 1.94. The summed E-state index contributed by atoms with van der Waals surface area (Å²) in [6.45, 7) is 0.385. The van der Waals surface area contributed by atoms with E-state index in [0.29, 0.717) is 11.4 Å². The van der Waals surface area contributed by atoms with Crippen LogP contribution in [-0.4, -0.2) is 31.2 Å². The minimum atomic E-state index is -3.83. The van der Waals surface area contributed by atoms with Crippen LogP contribution in [0, 0.1) is 0 Å². The molecule has 4 N–H and O–H groups in total. The topological polar surface area (TPSA) is 132 Å². The van der Waals surface area contributed by atoms with Crippen LogP contribution in [0.25, 0.3) is 0 Å². The first-order chi connectivity index (χ1) is 9.88. The van der Waals surface area contributed by atoms with Crippen molar-refractivity contribution < 1.29 is 17.6 Å². The molecule has 114 valence electrons. The van der Waals surface area contributed by atoms with Gasteiger partial charge in [0.25, 0.3) is 10.0 Å². The molecule has 1 amide bonds. The van der Waals surface area contributed by atoms with Crippen molar-refractivity contribution in [2.45, 2.75) is 18.2 Å². The highest BCUT2D eigenvalue weighted by Crippen LogP contribution is 2.14. The molecule has 0 saturated carbocycles. The lowest BCUT2D eigenvalue weighted by Crippen LogP contribution is -2.23. The first kappa shape index (κ1) is 15.1. The van der Waals surface area contributed by atoms with E-state index in [1.54, 1.807) is 19.4 Å². The standard InChI is InChI=1S/C11H15N5O4S/c1-13-10(17)7-16-6-8(4-15-16)14-5-9-2-3-11(20-9)21(12,18)19/h2-4,6,14H,5,7H2,1H3,(H,13,17)(H2,12,18,19). The molecule has 0 aliphatic carbocycles. The number of likely N-dealkylation sites (N-methyl/N-ethyl adjacent to an activating group) is 1. The zero-order valence-electron chi connectivity index (χ0n) is 11.2. The molecule has 2 heterocycles. The van der Waals surface area contributed by atoms with Gasteiger partial charge in [0.15, 0.2) is 0 Å². The van der Waals surface area contributed by atoms with E-state index in [1.807, 2.05) is 0 Å². The molecular weight excluding hydrogens is 298 g/mol. The van der Waals surface area contributed by atoms with Crippen molar-refractivity contribution in [2.75, 3.05) is 12.4 Å². The summed E-state index contributed by atoms with van der Waals surface area (Å²) >= 11 is 0. The number of carbonyl (C=O) groups is 1. The average molecular weight is 313 g/mol. The number of nitrogens with two attached hydrogens (primary N) is 1. The number of anilines is 1. The third-order valence-electron chi connectivity index (χ3n) is 2.60. The van der Waals surface area contributed by atoms with Crippen molar-refractivity contribution in [1.82, 2.24) is 15.1 Å². The number of amides is 1. The van der Waals surface area contributed by atoms with Crippen LogP contribution in [-0.2, 0) is 27.9 Å². The molecule has 0 aliphatic rings. The van der Waals surface area contributed by atoms with Crippen molar-refractivity contribution in [3.63, 3.8) is 0 Å². The molecule has 0 fully saturated rings. The van der Waals surface area contributed by atoms with Gasteiger partial charge in [0, 0.05) is 13.2 Å². The fourth-order valence-electron chi connectivity index (χ4n) is 1.56. The molecule has 0 aromatic carbocycles. The minimum Gasteiger partial charge on any atom is -0.446 e. The van der Waals surface area contributed by atoms with Crippen LogP contribution < -0.4 is 15.8 Å². The average Bonchev–Trinajstić information content (AvgIpc) is 3.04. The number of nitrogens with zero attached hydrogens (tertiary/aromatic N) is 2. The number of hydrogen-bond acceptors (Lipinski definition) is 6. The number of carbonyl (C=O) groups excluding carboxylic acids is 1. The van der Waals surface area contributed by atoms with E-state index in [1.165, 1.54) is 16.8 Å². The molecule has 0 spiro atoms. The molecule has 10 heteroatoms. The second-order valence-corrected chi connectivity index (χ2v) is 5.71. The molecule has 2 rings (SSSR count). The molecular formula is C11H15N5O4S. The third-order valence-corrected chi connectivity index (χ3v) is 3.38. The Labute approximate surface area is 121 Å². The predicted octanol–water partition coefficient (Wildman–Crippen LogP) is -0.518. The van der Waals surface area contributed by atoms with Crippen molar-refractivity contribution in [2.24, 2.45) is 5.14 Å². The van der Waals surface area contributed by atoms with Crippen molar-refractivity contribution in [3.05, 3.63) is 30.3 Å². The smallest absolute Gasteiger partial charge is 0.271 e. The fourth-order valence-corrected chi connectivity index (χ4v) is 2.04. The maximum absolute atomic E-state index is 11.2. The lowest BCUT2D eigenvalue weighted by molar-refractivity contribution is -0.121. The van der Waals surface area contributed by atoms with E-state index in [4.69, 9.17) is 9.56 Å². The van der Waals surface area contributed by atoms with Gasteiger partial charge in [-0.25, -0.2) is 13.6 Å². The Morgan fingerprint density at radius 2 is 2.24 bits per heavy atom. The SMILES string of the molecule is CNC(=O)Cn1cc(NCc2ccc(S(N)(=O)=O)o2)cn1. The zero-order valence-corrected chi connectivity index (χ0v) is 12.1. The van der Waals surface area contributed by atoms with Gasteiger partial charge in [-0.2, -0.15) is 5.10 Å². The predicted molar refractivity (Wildman–Crippen MR) is 73.7 cm³/mol. The molecule has 0 saturated heterocycles. The lowest BCUT2D eigenvalue weighted by Gasteiger charge is -2.01. The largest absolute Gasteiger partial charge is 0.446 e. The van der Waals surface area contributed by atoms with E-state index >= 15 is 0 Å². The van der Waals surface area contributed by atoms with Gasteiger partial charge >= 0.3 is 0 Å². The number of hydrogen-bond donors (Lipinski definition) is 3. The van der Waals surface area contributed by atoms with E-state index in [9.17, 15) is 13.2 Å². The highest BCUT2D eigenvalue weighted by Gasteiger charge is 2.13. The summed E-state index contributed by atoms with van der Waals surface area (Å²) in [6, 6.07) is 2.81. The van der Waals surface area contributed by atoms with Crippen LogP contribution in [0.3, 0.4) is 0 Å². The normalized spacial score (nSPS) is 11.3. The van der Waals surface area contributed by atoms with Crippen LogP contribution in [0.5, 0.6) is 0 Å². The first-order valence-corrected chi connectivity index (χ1v) is 7.51. The molecule has 0 radical (unpaired) electrons. The van der Waals surface area contributed by atoms with Gasteiger partial charge < -0.3 is 15.1 Å². The molecule has 0 unspecified atom stereocenters. The third kappa shape index (κ3) is 4.07. The quantitative estimate of drug-likeness (QED) is 0.657. The van der Waals surface area contributed by atoms with Crippen LogP contribution >= 0.6 is 0 Å². The van der Waals surface area contributed by atoms with Crippen LogP contribution in [0.4, 0.5) is 5.69 Å². The van der Waals surface area contributed by atoms with E-state index < -0.39 is 10.0 Å². The Kier molecular flexibility index (Phi) is 4.29. The first-order valence-electron chi connectivity index (χ1n) is 5.97. The Hall–Kier alpha value is -2.33. The van der Waals surface area contributed by atoms with Crippen molar-refractivity contribution in [3.8, 4) is 0 Å². The highest BCUT2D eigenvalue weighted by molar-refractivity contribution is 7.89. The summed E-state index contributed by atoms with van der Waals surface area (Å²) in [5, 5.41) is 14.2. The summed E-state index contributed by atoms with van der Waals surface area (Å²) in [4.78, 5) is 11.2. The van der Waals surface area contributed by atoms with Crippen molar-refractivity contribution >= 4 is 21.6 Å².